The van der Waals surface area contributed by atoms with E-state index in [1.54, 1.807) is 0 Å². The SMILES string of the molecule is CN(Cc1ccccc1)CC(NC(=O)[C@H]1CCCC[C@H]1NC(=O)OCC1c2ccccc2-c2ccccc21)C(=O)O. The molecule has 8 heteroatoms. The van der Waals surface area contributed by atoms with Crippen molar-refractivity contribution in [3.63, 3.8) is 0 Å². The molecule has 0 heterocycles. The first-order valence-corrected chi connectivity index (χ1v) is 14.3. The Morgan fingerprint density at radius 3 is 2.17 bits per heavy atom. The lowest BCUT2D eigenvalue weighted by Gasteiger charge is -2.32. The van der Waals surface area contributed by atoms with Crippen molar-refractivity contribution in [2.75, 3.05) is 20.2 Å². The van der Waals surface area contributed by atoms with E-state index in [9.17, 15) is 19.5 Å². The third-order valence-electron chi connectivity index (χ3n) is 8.15. The highest BCUT2D eigenvalue weighted by Gasteiger charge is 2.35. The van der Waals surface area contributed by atoms with E-state index in [0.29, 0.717) is 19.4 Å². The normalized spacial score (nSPS) is 18.7. The van der Waals surface area contributed by atoms with Crippen LogP contribution in [0.3, 0.4) is 0 Å². The molecule has 0 bridgehead atoms. The van der Waals surface area contributed by atoms with Gasteiger partial charge in [0.2, 0.25) is 5.91 Å². The summed E-state index contributed by atoms with van der Waals surface area (Å²) in [6.07, 6.45) is 2.36. The summed E-state index contributed by atoms with van der Waals surface area (Å²) in [5.41, 5.74) is 5.64. The molecule has 0 aromatic heterocycles. The van der Waals surface area contributed by atoms with Crippen LogP contribution in [0.2, 0.25) is 0 Å². The first-order chi connectivity index (χ1) is 19.9. The fourth-order valence-corrected chi connectivity index (χ4v) is 6.14. The van der Waals surface area contributed by atoms with Crippen LogP contribution >= 0.6 is 0 Å². The summed E-state index contributed by atoms with van der Waals surface area (Å²) in [5.74, 6) is -2.02. The summed E-state index contributed by atoms with van der Waals surface area (Å²) in [4.78, 5) is 40.1. The molecule has 8 nitrogen and oxygen atoms in total. The lowest BCUT2D eigenvalue weighted by molar-refractivity contribution is -0.143. The van der Waals surface area contributed by atoms with Crippen LogP contribution in [0.4, 0.5) is 4.79 Å². The minimum Gasteiger partial charge on any atom is -0.480 e. The fourth-order valence-electron chi connectivity index (χ4n) is 6.14. The maximum atomic E-state index is 13.3. The molecule has 2 aliphatic rings. The number of carbonyl (C=O) groups is 3. The zero-order valence-corrected chi connectivity index (χ0v) is 23.3. The van der Waals surface area contributed by atoms with Crippen LogP contribution in [-0.2, 0) is 20.9 Å². The molecule has 1 fully saturated rings. The molecule has 41 heavy (non-hydrogen) atoms. The van der Waals surface area contributed by atoms with Gasteiger partial charge in [-0.15, -0.1) is 0 Å². The largest absolute Gasteiger partial charge is 0.480 e. The van der Waals surface area contributed by atoms with Crippen LogP contribution in [0, 0.1) is 5.92 Å². The molecule has 0 spiro atoms. The number of likely N-dealkylation sites (N-methyl/N-ethyl adjacent to an activating group) is 1. The molecular weight excluding hydrogens is 518 g/mol. The Morgan fingerprint density at radius 2 is 1.51 bits per heavy atom. The standard InChI is InChI=1S/C33H37N3O5/c1-36(19-22-11-3-2-4-12-22)20-30(32(38)39)34-31(37)27-17-9-10-18-29(27)35-33(40)41-21-28-25-15-7-5-13-23(25)24-14-6-8-16-26(24)28/h2-8,11-16,27-30H,9-10,17-21H2,1H3,(H,34,37)(H,35,40)(H,38,39)/t27-,29+,30?/m0/s1. The van der Waals surface area contributed by atoms with E-state index in [2.05, 4.69) is 34.9 Å². The number of alkyl carbamates (subject to hydrolysis) is 1. The number of hydrogen-bond acceptors (Lipinski definition) is 5. The topological polar surface area (TPSA) is 108 Å². The minimum atomic E-state index is -1.09. The highest BCUT2D eigenvalue weighted by molar-refractivity contribution is 5.86. The van der Waals surface area contributed by atoms with Crippen molar-refractivity contribution in [1.82, 2.24) is 15.5 Å². The predicted octanol–water partition coefficient (Wildman–Crippen LogP) is 4.79. The molecule has 214 valence electrons. The third-order valence-corrected chi connectivity index (χ3v) is 8.15. The van der Waals surface area contributed by atoms with Crippen LogP contribution in [-0.4, -0.2) is 60.3 Å². The van der Waals surface area contributed by atoms with Crippen molar-refractivity contribution in [2.45, 2.75) is 50.2 Å². The van der Waals surface area contributed by atoms with E-state index in [1.807, 2.05) is 66.5 Å². The van der Waals surface area contributed by atoms with Crippen LogP contribution in [0.15, 0.2) is 78.9 Å². The van der Waals surface area contributed by atoms with Crippen LogP contribution in [0.5, 0.6) is 0 Å². The zero-order valence-electron chi connectivity index (χ0n) is 23.3. The van der Waals surface area contributed by atoms with E-state index in [4.69, 9.17) is 4.74 Å². The molecular formula is C33H37N3O5. The van der Waals surface area contributed by atoms with Crippen LogP contribution in [0.1, 0.15) is 48.3 Å². The fraction of sp³-hybridized carbons (Fsp3) is 0.364. The number of aliphatic carboxylic acids is 1. The number of rotatable bonds is 10. The highest BCUT2D eigenvalue weighted by atomic mass is 16.5. The van der Waals surface area contributed by atoms with Crippen molar-refractivity contribution < 1.29 is 24.2 Å². The van der Waals surface area contributed by atoms with Gasteiger partial charge in [0, 0.05) is 25.0 Å². The van der Waals surface area contributed by atoms with Gasteiger partial charge in [-0.1, -0.05) is 91.7 Å². The van der Waals surface area contributed by atoms with Crippen molar-refractivity contribution in [1.29, 1.82) is 0 Å². The second-order valence-corrected chi connectivity index (χ2v) is 11.0. The second kappa shape index (κ2) is 13.0. The van der Waals surface area contributed by atoms with E-state index < -0.39 is 30.1 Å². The highest BCUT2D eigenvalue weighted by Crippen LogP contribution is 2.44. The Bertz CT molecular complexity index is 1330. The maximum Gasteiger partial charge on any atom is 0.407 e. The summed E-state index contributed by atoms with van der Waals surface area (Å²) in [6.45, 7) is 0.918. The zero-order chi connectivity index (χ0) is 28.8. The minimum absolute atomic E-state index is 0.0530. The molecule has 2 aliphatic carbocycles. The molecule has 3 aromatic carbocycles. The van der Waals surface area contributed by atoms with Gasteiger partial charge in [0.05, 0.1) is 5.92 Å². The number of carbonyl (C=O) groups excluding carboxylic acids is 2. The van der Waals surface area contributed by atoms with Crippen LogP contribution in [0.25, 0.3) is 11.1 Å². The quantitative estimate of drug-likeness (QED) is 0.332. The summed E-state index contributed by atoms with van der Waals surface area (Å²) >= 11 is 0. The van der Waals surface area contributed by atoms with Gasteiger partial charge in [-0.25, -0.2) is 9.59 Å². The van der Waals surface area contributed by atoms with Crippen LogP contribution < -0.4 is 10.6 Å². The van der Waals surface area contributed by atoms with Crippen molar-refractivity contribution in [3.8, 4) is 11.1 Å². The molecule has 0 saturated heterocycles. The lowest BCUT2D eigenvalue weighted by atomic mass is 9.83. The molecule has 0 radical (unpaired) electrons. The number of hydrogen-bond donors (Lipinski definition) is 3. The smallest absolute Gasteiger partial charge is 0.407 e. The maximum absolute atomic E-state index is 13.3. The number of nitrogens with zero attached hydrogens (tertiary/aromatic N) is 1. The van der Waals surface area contributed by atoms with Crippen molar-refractivity contribution in [2.24, 2.45) is 5.92 Å². The molecule has 2 amide bonds. The summed E-state index contributed by atoms with van der Waals surface area (Å²) in [5, 5.41) is 15.5. The molecule has 1 unspecified atom stereocenters. The third kappa shape index (κ3) is 6.77. The molecule has 0 aliphatic heterocycles. The van der Waals surface area contributed by atoms with Crippen molar-refractivity contribution in [3.05, 3.63) is 95.6 Å². The van der Waals surface area contributed by atoms with E-state index >= 15 is 0 Å². The van der Waals surface area contributed by atoms with E-state index in [1.165, 1.54) is 0 Å². The molecule has 3 N–H and O–H groups in total. The number of nitrogens with one attached hydrogen (secondary N) is 2. The molecule has 5 rings (SSSR count). The van der Waals surface area contributed by atoms with Gasteiger partial charge in [0.25, 0.3) is 0 Å². The molecule has 3 atom stereocenters. The van der Waals surface area contributed by atoms with Gasteiger partial charge >= 0.3 is 12.1 Å². The van der Waals surface area contributed by atoms with E-state index in [-0.39, 0.29) is 25.0 Å². The molecule has 1 saturated carbocycles. The first-order valence-electron chi connectivity index (χ1n) is 14.3. The Labute approximate surface area is 240 Å². The summed E-state index contributed by atoms with van der Waals surface area (Å²) in [6, 6.07) is 24.6. The summed E-state index contributed by atoms with van der Waals surface area (Å²) < 4.78 is 5.72. The van der Waals surface area contributed by atoms with Gasteiger partial charge in [0.1, 0.15) is 12.6 Å². The van der Waals surface area contributed by atoms with E-state index in [0.717, 1.165) is 40.7 Å². The Kier molecular flexibility index (Phi) is 8.99. The monoisotopic (exact) mass is 555 g/mol. The Hall–Kier alpha value is -4.17. The number of carboxylic acid groups (broad SMARTS) is 1. The van der Waals surface area contributed by atoms with Gasteiger partial charge < -0.3 is 20.5 Å². The average Bonchev–Trinajstić information content (AvgIpc) is 3.30. The number of amides is 2. The Morgan fingerprint density at radius 1 is 0.902 bits per heavy atom. The number of benzene rings is 3. The molecule has 3 aromatic rings. The van der Waals surface area contributed by atoms with Gasteiger partial charge in [-0.05, 0) is 47.7 Å². The second-order valence-electron chi connectivity index (χ2n) is 11.0. The summed E-state index contributed by atoms with van der Waals surface area (Å²) in [7, 11) is 1.83. The number of ether oxygens (including phenoxy) is 1. The lowest BCUT2D eigenvalue weighted by Crippen LogP contribution is -2.54. The number of carboxylic acids is 1. The average molecular weight is 556 g/mol. The predicted molar refractivity (Wildman–Crippen MR) is 156 cm³/mol. The number of fused-ring (bicyclic) bond motifs is 3. The first kappa shape index (κ1) is 28.4. The van der Waals surface area contributed by atoms with Gasteiger partial charge in [-0.2, -0.15) is 0 Å². The Balaban J connectivity index is 1.18. The van der Waals surface area contributed by atoms with Gasteiger partial charge in [0.15, 0.2) is 0 Å². The van der Waals surface area contributed by atoms with Gasteiger partial charge in [-0.3, -0.25) is 9.69 Å². The van der Waals surface area contributed by atoms with Crippen molar-refractivity contribution >= 4 is 18.0 Å².